The zero-order valence-corrected chi connectivity index (χ0v) is 11.0. The Bertz CT molecular complexity index is 292. The van der Waals surface area contributed by atoms with Gasteiger partial charge in [-0.3, -0.25) is 0 Å². The molecule has 0 amide bonds. The van der Waals surface area contributed by atoms with Gasteiger partial charge < -0.3 is 5.73 Å². The molecule has 15 heavy (non-hydrogen) atoms. The summed E-state index contributed by atoms with van der Waals surface area (Å²) in [6.07, 6.45) is 2.30. The molecule has 0 aliphatic rings. The van der Waals surface area contributed by atoms with Gasteiger partial charge in [-0.05, 0) is 24.7 Å². The van der Waals surface area contributed by atoms with Crippen molar-refractivity contribution in [2.45, 2.75) is 46.6 Å². The minimum Gasteiger partial charge on any atom is -0.322 e. The highest BCUT2D eigenvalue weighted by Gasteiger charge is 2.13. The average Bonchev–Trinajstić information content (AvgIpc) is 2.61. The Morgan fingerprint density at radius 3 is 2.53 bits per heavy atom. The number of thiazole rings is 1. The predicted octanol–water partition coefficient (Wildman–Crippen LogP) is 3.39. The van der Waals surface area contributed by atoms with Gasteiger partial charge in [0, 0.05) is 5.38 Å². The first-order valence-electron chi connectivity index (χ1n) is 5.70. The fraction of sp³-hybridized carbons (Fsp3) is 0.750. The lowest BCUT2D eigenvalue weighted by Crippen LogP contribution is -2.17. The Kier molecular flexibility index (Phi) is 4.74. The summed E-state index contributed by atoms with van der Waals surface area (Å²) in [6.45, 7) is 8.76. The number of nitrogens with zero attached hydrogens (tertiary/aromatic N) is 1. The van der Waals surface area contributed by atoms with Crippen LogP contribution in [0.1, 0.15) is 50.9 Å². The SMILES string of the molecule is CC(C)CCc1nc(C(N)C(C)C)cs1. The molecule has 1 aromatic rings. The summed E-state index contributed by atoms with van der Waals surface area (Å²) < 4.78 is 0. The van der Waals surface area contributed by atoms with Crippen LogP contribution < -0.4 is 5.73 Å². The summed E-state index contributed by atoms with van der Waals surface area (Å²) in [7, 11) is 0. The van der Waals surface area contributed by atoms with E-state index in [1.165, 1.54) is 11.4 Å². The standard InChI is InChI=1S/C12H22N2S/c1-8(2)5-6-11-14-10(7-15-11)12(13)9(3)4/h7-9,12H,5-6,13H2,1-4H3. The molecule has 0 fully saturated rings. The van der Waals surface area contributed by atoms with Crippen LogP contribution >= 0.6 is 11.3 Å². The molecule has 86 valence electrons. The molecule has 0 spiro atoms. The summed E-state index contributed by atoms with van der Waals surface area (Å²) in [5, 5.41) is 3.34. The third-order valence-electron chi connectivity index (χ3n) is 2.56. The largest absolute Gasteiger partial charge is 0.322 e. The molecule has 0 aliphatic heterocycles. The Morgan fingerprint density at radius 2 is 2.00 bits per heavy atom. The third kappa shape index (κ3) is 3.92. The second kappa shape index (κ2) is 5.61. The van der Waals surface area contributed by atoms with Crippen molar-refractivity contribution in [3.63, 3.8) is 0 Å². The van der Waals surface area contributed by atoms with Crippen molar-refractivity contribution in [1.82, 2.24) is 4.98 Å². The highest BCUT2D eigenvalue weighted by Crippen LogP contribution is 2.22. The van der Waals surface area contributed by atoms with E-state index in [9.17, 15) is 0 Å². The monoisotopic (exact) mass is 226 g/mol. The van der Waals surface area contributed by atoms with Crippen LogP contribution in [-0.4, -0.2) is 4.98 Å². The van der Waals surface area contributed by atoms with E-state index in [1.54, 1.807) is 11.3 Å². The van der Waals surface area contributed by atoms with Gasteiger partial charge in [0.05, 0.1) is 16.7 Å². The molecule has 2 nitrogen and oxygen atoms in total. The lowest BCUT2D eigenvalue weighted by atomic mass is 10.0. The normalized spacial score (nSPS) is 13.8. The zero-order chi connectivity index (χ0) is 11.4. The fourth-order valence-electron chi connectivity index (χ4n) is 1.35. The van der Waals surface area contributed by atoms with Gasteiger partial charge in [0.25, 0.3) is 0 Å². The minimum absolute atomic E-state index is 0.0917. The van der Waals surface area contributed by atoms with Crippen molar-refractivity contribution >= 4 is 11.3 Å². The molecule has 3 heteroatoms. The predicted molar refractivity (Wildman–Crippen MR) is 67.0 cm³/mol. The van der Waals surface area contributed by atoms with Crippen LogP contribution in [0, 0.1) is 11.8 Å². The van der Waals surface area contributed by atoms with Gasteiger partial charge in [0.15, 0.2) is 0 Å². The Hall–Kier alpha value is -0.410. The number of nitrogens with two attached hydrogens (primary N) is 1. The second-order valence-corrected chi connectivity index (χ2v) is 5.81. The summed E-state index contributed by atoms with van der Waals surface area (Å²) >= 11 is 1.75. The van der Waals surface area contributed by atoms with E-state index >= 15 is 0 Å². The molecule has 1 aromatic heterocycles. The van der Waals surface area contributed by atoms with E-state index in [0.29, 0.717) is 5.92 Å². The molecule has 1 unspecified atom stereocenters. The van der Waals surface area contributed by atoms with Gasteiger partial charge in [0.1, 0.15) is 0 Å². The van der Waals surface area contributed by atoms with Crippen molar-refractivity contribution < 1.29 is 0 Å². The van der Waals surface area contributed by atoms with Gasteiger partial charge >= 0.3 is 0 Å². The number of hydrogen-bond donors (Lipinski definition) is 1. The quantitative estimate of drug-likeness (QED) is 0.836. The molecular weight excluding hydrogens is 204 g/mol. The Balaban J connectivity index is 2.56. The van der Waals surface area contributed by atoms with Crippen molar-refractivity contribution in [1.29, 1.82) is 0 Å². The number of aryl methyl sites for hydroxylation is 1. The van der Waals surface area contributed by atoms with Crippen LogP contribution in [0.2, 0.25) is 0 Å². The third-order valence-corrected chi connectivity index (χ3v) is 3.49. The van der Waals surface area contributed by atoms with Crippen LogP contribution in [0.5, 0.6) is 0 Å². The molecule has 0 aromatic carbocycles. The Morgan fingerprint density at radius 1 is 1.33 bits per heavy atom. The van der Waals surface area contributed by atoms with Crippen molar-refractivity contribution in [2.24, 2.45) is 17.6 Å². The van der Waals surface area contributed by atoms with Gasteiger partial charge in [-0.1, -0.05) is 27.7 Å². The average molecular weight is 226 g/mol. The van der Waals surface area contributed by atoms with E-state index in [-0.39, 0.29) is 6.04 Å². The minimum atomic E-state index is 0.0917. The number of hydrogen-bond acceptors (Lipinski definition) is 3. The highest BCUT2D eigenvalue weighted by molar-refractivity contribution is 7.09. The van der Waals surface area contributed by atoms with Crippen LogP contribution in [0.3, 0.4) is 0 Å². The van der Waals surface area contributed by atoms with Gasteiger partial charge in [-0.25, -0.2) is 4.98 Å². The Labute approximate surface area is 96.9 Å². The van der Waals surface area contributed by atoms with Crippen molar-refractivity contribution in [2.75, 3.05) is 0 Å². The van der Waals surface area contributed by atoms with E-state index in [0.717, 1.165) is 18.0 Å². The molecule has 0 aliphatic carbocycles. The topological polar surface area (TPSA) is 38.9 Å². The van der Waals surface area contributed by atoms with Crippen LogP contribution in [0.25, 0.3) is 0 Å². The fourth-order valence-corrected chi connectivity index (χ4v) is 2.21. The molecule has 0 bridgehead atoms. The molecule has 1 heterocycles. The van der Waals surface area contributed by atoms with Crippen molar-refractivity contribution in [3.05, 3.63) is 16.1 Å². The smallest absolute Gasteiger partial charge is 0.0929 e. The summed E-state index contributed by atoms with van der Waals surface area (Å²) in [4.78, 5) is 4.60. The van der Waals surface area contributed by atoms with Crippen molar-refractivity contribution in [3.8, 4) is 0 Å². The first kappa shape index (κ1) is 12.7. The van der Waals surface area contributed by atoms with E-state index in [4.69, 9.17) is 5.73 Å². The molecular formula is C12H22N2S. The van der Waals surface area contributed by atoms with Gasteiger partial charge in [-0.15, -0.1) is 11.3 Å². The zero-order valence-electron chi connectivity index (χ0n) is 10.2. The maximum Gasteiger partial charge on any atom is 0.0929 e. The summed E-state index contributed by atoms with van der Waals surface area (Å²) in [6, 6.07) is 0.0917. The summed E-state index contributed by atoms with van der Waals surface area (Å²) in [5.41, 5.74) is 7.11. The van der Waals surface area contributed by atoms with E-state index in [2.05, 4.69) is 38.1 Å². The van der Waals surface area contributed by atoms with E-state index < -0.39 is 0 Å². The van der Waals surface area contributed by atoms with Crippen LogP contribution in [0.15, 0.2) is 5.38 Å². The number of aromatic nitrogens is 1. The molecule has 0 radical (unpaired) electrons. The highest BCUT2D eigenvalue weighted by atomic mass is 32.1. The molecule has 0 saturated heterocycles. The van der Waals surface area contributed by atoms with Crippen LogP contribution in [0.4, 0.5) is 0 Å². The van der Waals surface area contributed by atoms with E-state index in [1.807, 2.05) is 0 Å². The maximum absolute atomic E-state index is 6.05. The lowest BCUT2D eigenvalue weighted by Gasteiger charge is -2.12. The van der Waals surface area contributed by atoms with Crippen LogP contribution in [-0.2, 0) is 6.42 Å². The molecule has 1 atom stereocenters. The summed E-state index contributed by atoms with van der Waals surface area (Å²) in [5.74, 6) is 1.21. The molecule has 0 saturated carbocycles. The molecule has 2 N–H and O–H groups in total. The van der Waals surface area contributed by atoms with Gasteiger partial charge in [0.2, 0.25) is 0 Å². The number of rotatable bonds is 5. The molecule has 1 rings (SSSR count). The first-order valence-corrected chi connectivity index (χ1v) is 6.58. The maximum atomic E-state index is 6.05. The first-order chi connectivity index (χ1) is 7.00. The lowest BCUT2D eigenvalue weighted by molar-refractivity contribution is 0.503. The second-order valence-electron chi connectivity index (χ2n) is 4.87. The van der Waals surface area contributed by atoms with Gasteiger partial charge in [-0.2, -0.15) is 0 Å².